The van der Waals surface area contributed by atoms with Crippen molar-refractivity contribution in [3.63, 3.8) is 0 Å². The van der Waals surface area contributed by atoms with Gasteiger partial charge in [0.1, 0.15) is 0 Å². The highest BCUT2D eigenvalue weighted by molar-refractivity contribution is 5.45. The van der Waals surface area contributed by atoms with Gasteiger partial charge in [-0.25, -0.2) is 0 Å². The van der Waals surface area contributed by atoms with Gasteiger partial charge in [0, 0.05) is 23.2 Å². The summed E-state index contributed by atoms with van der Waals surface area (Å²) in [6.07, 6.45) is 0.600. The monoisotopic (exact) mass is 324 g/mol. The number of aliphatic hydroxyl groups is 1. The molecule has 1 aromatic rings. The van der Waals surface area contributed by atoms with Gasteiger partial charge in [-0.1, -0.05) is 0 Å². The van der Waals surface area contributed by atoms with Gasteiger partial charge in [-0.3, -0.25) is 0 Å². The van der Waals surface area contributed by atoms with Crippen molar-refractivity contribution in [3.05, 3.63) is 0 Å². The van der Waals surface area contributed by atoms with Crippen LogP contribution in [-0.4, -0.2) is 43.3 Å². The van der Waals surface area contributed by atoms with E-state index in [2.05, 4.69) is 72.4 Å². The molecule has 7 nitrogen and oxygen atoms in total. The zero-order valence-electron chi connectivity index (χ0n) is 15.7. The van der Waals surface area contributed by atoms with E-state index >= 15 is 0 Å². The number of hydrogen-bond acceptors (Lipinski definition) is 7. The topological polar surface area (TPSA) is 95.0 Å². The Balaban J connectivity index is 3.13. The van der Waals surface area contributed by atoms with E-state index in [1.165, 1.54) is 0 Å². The van der Waals surface area contributed by atoms with Crippen molar-refractivity contribution in [2.45, 2.75) is 78.4 Å². The third kappa shape index (κ3) is 7.97. The van der Waals surface area contributed by atoms with Crippen LogP contribution in [0.2, 0.25) is 0 Å². The predicted molar refractivity (Wildman–Crippen MR) is 96.0 cm³/mol. The van der Waals surface area contributed by atoms with Crippen LogP contribution in [0.5, 0.6) is 0 Å². The molecular weight excluding hydrogens is 292 g/mol. The molecule has 0 aliphatic carbocycles. The van der Waals surface area contributed by atoms with Gasteiger partial charge in [0.05, 0.1) is 0 Å². The molecule has 4 N–H and O–H groups in total. The minimum absolute atomic E-state index is 0.102. The molecule has 7 heteroatoms. The molecule has 132 valence electrons. The molecule has 0 unspecified atom stereocenters. The maximum absolute atomic E-state index is 9.18. The zero-order valence-corrected chi connectivity index (χ0v) is 15.7. The van der Waals surface area contributed by atoms with Crippen molar-refractivity contribution < 1.29 is 5.11 Å². The largest absolute Gasteiger partial charge is 0.396 e. The number of hydrogen-bond donors (Lipinski definition) is 4. The van der Waals surface area contributed by atoms with Crippen LogP contribution in [-0.2, 0) is 0 Å². The number of nitrogens with zero attached hydrogens (tertiary/aromatic N) is 3. The van der Waals surface area contributed by atoms with E-state index in [-0.39, 0.29) is 23.2 Å². The first-order chi connectivity index (χ1) is 10.3. The van der Waals surface area contributed by atoms with Gasteiger partial charge in [0.2, 0.25) is 17.8 Å². The Hall–Kier alpha value is -1.63. The van der Waals surface area contributed by atoms with Crippen LogP contribution in [0.15, 0.2) is 0 Å². The second kappa shape index (κ2) is 6.86. The highest BCUT2D eigenvalue weighted by Crippen LogP contribution is 2.20. The average Bonchev–Trinajstić information content (AvgIpc) is 2.21. The third-order valence-corrected chi connectivity index (χ3v) is 2.80. The summed E-state index contributed by atoms with van der Waals surface area (Å²) in [6.45, 7) is 16.4. The summed E-state index contributed by atoms with van der Waals surface area (Å²) in [5, 5.41) is 19.0. The summed E-state index contributed by atoms with van der Waals surface area (Å²) in [5.74, 6) is 1.51. The lowest BCUT2D eigenvalue weighted by molar-refractivity contribution is 0.260. The second-order valence-electron chi connectivity index (χ2n) is 8.54. The second-order valence-corrected chi connectivity index (χ2v) is 8.54. The lowest BCUT2D eigenvalue weighted by Gasteiger charge is -2.27. The summed E-state index contributed by atoms with van der Waals surface area (Å²) in [7, 11) is 0. The molecule has 0 saturated carbocycles. The van der Waals surface area contributed by atoms with Crippen LogP contribution in [0.3, 0.4) is 0 Å². The summed E-state index contributed by atoms with van der Waals surface area (Å²) in [4.78, 5) is 13.3. The zero-order chi connectivity index (χ0) is 17.9. The highest BCUT2D eigenvalue weighted by atomic mass is 16.3. The van der Waals surface area contributed by atoms with Gasteiger partial charge in [-0.05, 0) is 61.8 Å². The first-order valence-electron chi connectivity index (χ1n) is 8.01. The van der Waals surface area contributed by atoms with Crippen molar-refractivity contribution in [1.29, 1.82) is 0 Å². The van der Waals surface area contributed by atoms with Crippen molar-refractivity contribution in [3.8, 4) is 0 Å². The van der Waals surface area contributed by atoms with Gasteiger partial charge in [0.15, 0.2) is 0 Å². The SMILES string of the molecule is CC(C)(C)Nc1nc(NC(C)(C)C)nc(NC(C)(C)CCO)n1. The summed E-state index contributed by atoms with van der Waals surface area (Å²) >= 11 is 0. The standard InChI is InChI=1S/C16H32N6O/c1-14(2,3)20-11-17-12(21-15(4,5)6)19-13(18-11)22-16(7,8)9-10-23/h23H,9-10H2,1-8H3,(H3,17,18,19,20,21,22). The third-order valence-electron chi connectivity index (χ3n) is 2.80. The number of aromatic nitrogens is 3. The van der Waals surface area contributed by atoms with Crippen LogP contribution in [0.25, 0.3) is 0 Å². The molecule has 1 aromatic heterocycles. The summed E-state index contributed by atoms with van der Waals surface area (Å²) < 4.78 is 0. The van der Waals surface area contributed by atoms with E-state index in [0.29, 0.717) is 24.3 Å². The molecule has 1 heterocycles. The molecular formula is C16H32N6O. The number of nitrogens with one attached hydrogen (secondary N) is 3. The van der Waals surface area contributed by atoms with E-state index < -0.39 is 0 Å². The molecule has 0 aliphatic heterocycles. The van der Waals surface area contributed by atoms with Crippen LogP contribution < -0.4 is 16.0 Å². The Labute approximate surface area is 139 Å². The first-order valence-corrected chi connectivity index (χ1v) is 8.01. The van der Waals surface area contributed by atoms with Gasteiger partial charge in [-0.15, -0.1) is 0 Å². The van der Waals surface area contributed by atoms with E-state index in [9.17, 15) is 5.11 Å². The molecule has 0 aromatic carbocycles. The Bertz CT molecular complexity index is 482. The number of anilines is 3. The Morgan fingerprint density at radius 1 is 0.696 bits per heavy atom. The fraction of sp³-hybridized carbons (Fsp3) is 0.812. The van der Waals surface area contributed by atoms with Crippen molar-refractivity contribution >= 4 is 17.8 Å². The fourth-order valence-corrected chi connectivity index (χ4v) is 1.86. The van der Waals surface area contributed by atoms with E-state index in [1.807, 2.05) is 13.8 Å². The van der Waals surface area contributed by atoms with Gasteiger partial charge in [0.25, 0.3) is 0 Å². The Kier molecular flexibility index (Phi) is 5.79. The lowest BCUT2D eigenvalue weighted by atomic mass is 10.0. The maximum atomic E-state index is 9.18. The molecule has 0 atom stereocenters. The highest BCUT2D eigenvalue weighted by Gasteiger charge is 2.21. The van der Waals surface area contributed by atoms with Crippen LogP contribution >= 0.6 is 0 Å². The lowest BCUT2D eigenvalue weighted by Crippen LogP contribution is -2.34. The molecule has 0 fully saturated rings. The van der Waals surface area contributed by atoms with Crippen LogP contribution in [0, 0.1) is 0 Å². The Morgan fingerprint density at radius 2 is 1.04 bits per heavy atom. The molecule has 23 heavy (non-hydrogen) atoms. The molecule has 0 radical (unpaired) electrons. The smallest absolute Gasteiger partial charge is 0.229 e. The number of aliphatic hydroxyl groups excluding tert-OH is 1. The summed E-state index contributed by atoms with van der Waals surface area (Å²) in [5.41, 5.74) is -0.620. The molecule has 0 amide bonds. The van der Waals surface area contributed by atoms with Crippen molar-refractivity contribution in [2.24, 2.45) is 0 Å². The number of rotatable bonds is 6. The quantitative estimate of drug-likeness (QED) is 0.639. The predicted octanol–water partition coefficient (Wildman–Crippen LogP) is 2.87. The molecule has 0 spiro atoms. The van der Waals surface area contributed by atoms with Crippen LogP contribution in [0.4, 0.5) is 17.8 Å². The van der Waals surface area contributed by atoms with Crippen LogP contribution in [0.1, 0.15) is 61.8 Å². The molecule has 0 saturated heterocycles. The van der Waals surface area contributed by atoms with E-state index in [4.69, 9.17) is 0 Å². The first kappa shape index (κ1) is 19.4. The Morgan fingerprint density at radius 3 is 1.35 bits per heavy atom. The van der Waals surface area contributed by atoms with Crippen molar-refractivity contribution in [1.82, 2.24) is 15.0 Å². The van der Waals surface area contributed by atoms with Gasteiger partial charge < -0.3 is 21.1 Å². The minimum atomic E-state index is -0.311. The average molecular weight is 324 g/mol. The van der Waals surface area contributed by atoms with E-state index in [1.54, 1.807) is 0 Å². The maximum Gasteiger partial charge on any atom is 0.229 e. The van der Waals surface area contributed by atoms with E-state index in [0.717, 1.165) is 0 Å². The normalized spacial score (nSPS) is 12.9. The molecule has 0 aliphatic rings. The molecule has 1 rings (SSSR count). The minimum Gasteiger partial charge on any atom is -0.396 e. The van der Waals surface area contributed by atoms with Crippen molar-refractivity contribution in [2.75, 3.05) is 22.6 Å². The summed E-state index contributed by atoms with van der Waals surface area (Å²) in [6, 6.07) is 0. The molecule has 0 bridgehead atoms. The van der Waals surface area contributed by atoms with Gasteiger partial charge >= 0.3 is 0 Å². The van der Waals surface area contributed by atoms with Gasteiger partial charge in [-0.2, -0.15) is 15.0 Å². The fourth-order valence-electron chi connectivity index (χ4n) is 1.86.